The van der Waals surface area contributed by atoms with Gasteiger partial charge < -0.3 is 10.0 Å². The van der Waals surface area contributed by atoms with Crippen LogP contribution in [0.15, 0.2) is 17.0 Å². The second-order valence-corrected chi connectivity index (χ2v) is 7.12. The summed E-state index contributed by atoms with van der Waals surface area (Å²) in [4.78, 5) is 1.46. The molecule has 0 saturated carbocycles. The van der Waals surface area contributed by atoms with E-state index in [4.69, 9.17) is 16.7 Å². The van der Waals surface area contributed by atoms with E-state index < -0.39 is 27.3 Å². The first kappa shape index (κ1) is 18.3. The largest absolute Gasteiger partial charge is 0.392 e. The van der Waals surface area contributed by atoms with E-state index in [0.717, 1.165) is 19.0 Å². The van der Waals surface area contributed by atoms with Gasteiger partial charge in [-0.2, -0.15) is 0 Å². The zero-order valence-electron chi connectivity index (χ0n) is 12.1. The fraction of sp³-hybridized carbons (Fsp3) is 0.538. The number of halogens is 2. The van der Waals surface area contributed by atoms with Crippen molar-refractivity contribution in [3.63, 3.8) is 0 Å². The SMILES string of the molecule is CN(C)CCCCNS(=O)(=O)c1cc(Cl)cc(CO)c1F. The number of aliphatic hydroxyl groups is 1. The van der Waals surface area contributed by atoms with Crippen molar-refractivity contribution in [2.45, 2.75) is 24.3 Å². The number of hydrogen-bond acceptors (Lipinski definition) is 4. The van der Waals surface area contributed by atoms with E-state index in [0.29, 0.717) is 6.42 Å². The highest BCUT2D eigenvalue weighted by molar-refractivity contribution is 7.89. The summed E-state index contributed by atoms with van der Waals surface area (Å²) in [7, 11) is -0.116. The molecule has 0 aliphatic heterocycles. The molecular formula is C13H20ClFN2O3S. The third-order valence-corrected chi connectivity index (χ3v) is 4.54. The predicted octanol–water partition coefficient (Wildman–Crippen LogP) is 1.59. The van der Waals surface area contributed by atoms with E-state index in [9.17, 15) is 12.8 Å². The molecule has 21 heavy (non-hydrogen) atoms. The maximum Gasteiger partial charge on any atom is 0.243 e. The Bertz CT molecular complexity index is 579. The molecule has 2 N–H and O–H groups in total. The molecule has 120 valence electrons. The third kappa shape index (κ3) is 5.52. The number of aliphatic hydroxyl groups excluding tert-OH is 1. The number of sulfonamides is 1. The van der Waals surface area contributed by atoms with Gasteiger partial charge in [-0.05, 0) is 45.6 Å². The molecule has 1 rings (SSSR count). The van der Waals surface area contributed by atoms with E-state index in [2.05, 4.69) is 4.72 Å². The monoisotopic (exact) mass is 338 g/mol. The van der Waals surface area contributed by atoms with Gasteiger partial charge in [-0.1, -0.05) is 11.6 Å². The van der Waals surface area contributed by atoms with Crippen LogP contribution in [0.2, 0.25) is 5.02 Å². The van der Waals surface area contributed by atoms with Crippen LogP contribution in [0.5, 0.6) is 0 Å². The summed E-state index contributed by atoms with van der Waals surface area (Å²) in [5, 5.41) is 9.08. The first-order valence-electron chi connectivity index (χ1n) is 6.51. The summed E-state index contributed by atoms with van der Waals surface area (Å²) >= 11 is 5.75. The van der Waals surface area contributed by atoms with Crippen molar-refractivity contribution in [3.8, 4) is 0 Å². The second kappa shape index (κ2) is 8.05. The summed E-state index contributed by atoms with van der Waals surface area (Å²) < 4.78 is 40.5. The van der Waals surface area contributed by atoms with Crippen molar-refractivity contribution < 1.29 is 17.9 Å². The van der Waals surface area contributed by atoms with Crippen LogP contribution >= 0.6 is 11.6 Å². The molecule has 0 aliphatic carbocycles. The van der Waals surface area contributed by atoms with Gasteiger partial charge in [0, 0.05) is 17.1 Å². The number of nitrogens with one attached hydrogen (secondary N) is 1. The minimum absolute atomic E-state index is 0.0634. The van der Waals surface area contributed by atoms with Gasteiger partial charge in [0.25, 0.3) is 0 Å². The normalized spacial score (nSPS) is 12.1. The first-order chi connectivity index (χ1) is 9.77. The van der Waals surface area contributed by atoms with Gasteiger partial charge in [-0.25, -0.2) is 17.5 Å². The van der Waals surface area contributed by atoms with Crippen LogP contribution in [0.3, 0.4) is 0 Å². The molecule has 0 saturated heterocycles. The van der Waals surface area contributed by atoms with Crippen molar-refractivity contribution in [1.29, 1.82) is 0 Å². The minimum Gasteiger partial charge on any atom is -0.392 e. The Morgan fingerprint density at radius 2 is 2.00 bits per heavy atom. The molecule has 0 unspecified atom stereocenters. The molecule has 0 fully saturated rings. The summed E-state index contributed by atoms with van der Waals surface area (Å²) in [5.74, 6) is -0.970. The van der Waals surface area contributed by atoms with Crippen LogP contribution < -0.4 is 4.72 Å². The Morgan fingerprint density at radius 1 is 1.33 bits per heavy atom. The quantitative estimate of drug-likeness (QED) is 0.706. The Labute approximate surface area is 129 Å². The number of rotatable bonds is 8. The van der Waals surface area contributed by atoms with Crippen molar-refractivity contribution >= 4 is 21.6 Å². The molecule has 0 spiro atoms. The lowest BCUT2D eigenvalue weighted by Gasteiger charge is -2.11. The lowest BCUT2D eigenvalue weighted by atomic mass is 10.2. The Hall–Kier alpha value is -0.730. The summed E-state index contributed by atoms with van der Waals surface area (Å²) in [5.41, 5.74) is -0.143. The number of unbranched alkanes of at least 4 members (excludes halogenated alkanes) is 1. The topological polar surface area (TPSA) is 69.6 Å². The zero-order valence-corrected chi connectivity index (χ0v) is 13.6. The average Bonchev–Trinajstić information content (AvgIpc) is 2.40. The molecule has 0 bridgehead atoms. The Kier molecular flexibility index (Phi) is 7.02. The van der Waals surface area contributed by atoms with Crippen molar-refractivity contribution in [2.75, 3.05) is 27.2 Å². The van der Waals surface area contributed by atoms with Crippen LogP contribution in [0.1, 0.15) is 18.4 Å². The average molecular weight is 339 g/mol. The molecule has 0 heterocycles. The van der Waals surface area contributed by atoms with Gasteiger partial charge >= 0.3 is 0 Å². The highest BCUT2D eigenvalue weighted by atomic mass is 35.5. The van der Waals surface area contributed by atoms with Gasteiger partial charge in [-0.15, -0.1) is 0 Å². The fourth-order valence-electron chi connectivity index (χ4n) is 1.77. The molecule has 0 aromatic heterocycles. The summed E-state index contributed by atoms with van der Waals surface area (Å²) in [6.07, 6.45) is 1.47. The van der Waals surface area contributed by atoms with Gasteiger partial charge in [0.2, 0.25) is 10.0 Å². The van der Waals surface area contributed by atoms with Gasteiger partial charge in [-0.3, -0.25) is 0 Å². The van der Waals surface area contributed by atoms with E-state index in [1.54, 1.807) is 0 Å². The molecule has 5 nitrogen and oxygen atoms in total. The van der Waals surface area contributed by atoms with Crippen LogP contribution in [0, 0.1) is 5.82 Å². The van der Waals surface area contributed by atoms with Crippen LogP contribution in [-0.4, -0.2) is 45.6 Å². The van der Waals surface area contributed by atoms with Gasteiger partial charge in [0.05, 0.1) is 6.61 Å². The molecular weight excluding hydrogens is 319 g/mol. The van der Waals surface area contributed by atoms with Crippen LogP contribution in [0.25, 0.3) is 0 Å². The maximum absolute atomic E-state index is 14.0. The molecule has 1 aromatic carbocycles. The van der Waals surface area contributed by atoms with Gasteiger partial charge in [0.1, 0.15) is 10.7 Å². The highest BCUT2D eigenvalue weighted by Gasteiger charge is 2.21. The predicted molar refractivity (Wildman–Crippen MR) is 80.3 cm³/mol. The lowest BCUT2D eigenvalue weighted by Crippen LogP contribution is -2.26. The third-order valence-electron chi connectivity index (χ3n) is 2.86. The lowest BCUT2D eigenvalue weighted by molar-refractivity contribution is 0.274. The smallest absolute Gasteiger partial charge is 0.243 e. The van der Waals surface area contributed by atoms with Crippen molar-refractivity contribution in [2.24, 2.45) is 0 Å². The standard InChI is InChI=1S/C13H20ClFN2O3S/c1-17(2)6-4-3-5-16-21(19,20)12-8-11(14)7-10(9-18)13(12)15/h7-8,16,18H,3-6,9H2,1-2H3. The summed E-state index contributed by atoms with van der Waals surface area (Å²) in [6, 6.07) is 2.24. The molecule has 8 heteroatoms. The zero-order chi connectivity index (χ0) is 16.0. The Morgan fingerprint density at radius 3 is 2.57 bits per heavy atom. The molecule has 0 amide bonds. The minimum atomic E-state index is -3.98. The number of benzene rings is 1. The highest BCUT2D eigenvalue weighted by Crippen LogP contribution is 2.23. The Balaban J connectivity index is 2.77. The van der Waals surface area contributed by atoms with Crippen molar-refractivity contribution in [1.82, 2.24) is 9.62 Å². The first-order valence-corrected chi connectivity index (χ1v) is 8.37. The fourth-order valence-corrected chi connectivity index (χ4v) is 3.29. The van der Waals surface area contributed by atoms with Crippen LogP contribution in [0.4, 0.5) is 4.39 Å². The molecule has 0 atom stereocenters. The molecule has 0 aliphatic rings. The number of nitrogens with zero attached hydrogens (tertiary/aromatic N) is 1. The van der Waals surface area contributed by atoms with E-state index in [1.807, 2.05) is 19.0 Å². The number of hydrogen-bond donors (Lipinski definition) is 2. The molecule has 0 radical (unpaired) electrons. The maximum atomic E-state index is 14.0. The van der Waals surface area contributed by atoms with E-state index >= 15 is 0 Å². The van der Waals surface area contributed by atoms with Crippen LogP contribution in [-0.2, 0) is 16.6 Å². The van der Waals surface area contributed by atoms with E-state index in [1.165, 1.54) is 6.07 Å². The van der Waals surface area contributed by atoms with E-state index in [-0.39, 0.29) is 17.1 Å². The summed E-state index contributed by atoms with van der Waals surface area (Å²) in [6.45, 7) is 0.455. The van der Waals surface area contributed by atoms with Gasteiger partial charge in [0.15, 0.2) is 0 Å². The second-order valence-electron chi connectivity index (χ2n) is 4.94. The van der Waals surface area contributed by atoms with Crippen molar-refractivity contribution in [3.05, 3.63) is 28.5 Å². The molecule has 1 aromatic rings.